The highest BCUT2D eigenvalue weighted by Crippen LogP contribution is 2.29. The van der Waals surface area contributed by atoms with E-state index in [1.165, 1.54) is 17.3 Å². The largest absolute Gasteiger partial charge is 0.300 e. The molecule has 0 radical (unpaired) electrons. The van der Waals surface area contributed by atoms with Crippen molar-refractivity contribution in [2.75, 3.05) is 0 Å². The van der Waals surface area contributed by atoms with Gasteiger partial charge in [0.05, 0.1) is 10.6 Å². The van der Waals surface area contributed by atoms with Gasteiger partial charge in [-0.1, -0.05) is 47.5 Å². The molecular weight excluding hydrogens is 316 g/mol. The summed E-state index contributed by atoms with van der Waals surface area (Å²) >= 11 is 7.43. The minimum absolute atomic E-state index is 0.157. The van der Waals surface area contributed by atoms with Crippen LogP contribution in [0.3, 0.4) is 0 Å². The quantitative estimate of drug-likeness (QED) is 0.822. The highest BCUT2D eigenvalue weighted by Gasteiger charge is 2.23. The molecule has 1 fully saturated rings. The van der Waals surface area contributed by atoms with E-state index in [1.54, 1.807) is 12.1 Å². The number of amides is 1. The monoisotopic (exact) mass is 328 g/mol. The molecule has 1 amide bonds. The van der Waals surface area contributed by atoms with Crippen LogP contribution in [0.5, 0.6) is 0 Å². The number of halogens is 1. The first-order valence-electron chi connectivity index (χ1n) is 6.72. The lowest BCUT2D eigenvalue weighted by molar-refractivity contribution is -0.115. The predicted molar refractivity (Wildman–Crippen MR) is 93.4 cm³/mol. The third kappa shape index (κ3) is 3.40. The van der Waals surface area contributed by atoms with Crippen molar-refractivity contribution in [2.24, 2.45) is 4.99 Å². The lowest BCUT2D eigenvalue weighted by atomic mass is 10.2. The fourth-order valence-electron chi connectivity index (χ4n) is 1.95. The van der Waals surface area contributed by atoms with Gasteiger partial charge in [0.25, 0.3) is 5.91 Å². The number of aryl methyl sites for hydroxylation is 1. The molecule has 22 heavy (non-hydrogen) atoms. The second kappa shape index (κ2) is 6.38. The molecule has 2 aromatic carbocycles. The smallest absolute Gasteiger partial charge is 0.264 e. The maximum Gasteiger partial charge on any atom is 0.264 e. The Morgan fingerprint density at radius 3 is 2.59 bits per heavy atom. The summed E-state index contributed by atoms with van der Waals surface area (Å²) in [6.07, 6.45) is 1.78. The van der Waals surface area contributed by atoms with Crippen molar-refractivity contribution < 1.29 is 4.79 Å². The number of thioether (sulfide) groups is 1. The average Bonchev–Trinajstić information content (AvgIpc) is 2.84. The Bertz CT molecular complexity index is 782. The normalized spacial score (nSPS) is 18.0. The standard InChI is InChI=1S/C17H13ClN2OS/c1-11-6-8-13(9-7-11)19-17-20-16(21)15(22-17)10-12-4-2-3-5-14(12)18/h2-10H,1H3,(H,19,20,21). The first kappa shape index (κ1) is 14.9. The third-order valence-corrected chi connectivity index (χ3v) is 4.36. The van der Waals surface area contributed by atoms with E-state index in [4.69, 9.17) is 11.6 Å². The van der Waals surface area contributed by atoms with Crippen molar-refractivity contribution >= 4 is 46.2 Å². The number of carbonyl (C=O) groups is 1. The van der Waals surface area contributed by atoms with E-state index in [-0.39, 0.29) is 5.91 Å². The van der Waals surface area contributed by atoms with Crippen LogP contribution in [0, 0.1) is 6.92 Å². The summed E-state index contributed by atoms with van der Waals surface area (Å²) in [7, 11) is 0. The first-order valence-corrected chi connectivity index (χ1v) is 7.92. The second-order valence-electron chi connectivity index (χ2n) is 4.84. The summed E-state index contributed by atoms with van der Waals surface area (Å²) in [5.74, 6) is -0.157. The molecule has 1 heterocycles. The zero-order chi connectivity index (χ0) is 15.5. The van der Waals surface area contributed by atoms with Gasteiger partial charge < -0.3 is 5.32 Å². The van der Waals surface area contributed by atoms with Crippen molar-refractivity contribution in [3.05, 3.63) is 69.6 Å². The predicted octanol–water partition coefficient (Wildman–Crippen LogP) is 4.54. The van der Waals surface area contributed by atoms with E-state index in [0.29, 0.717) is 15.1 Å². The number of benzene rings is 2. The molecule has 0 bridgehead atoms. The van der Waals surface area contributed by atoms with Crippen molar-refractivity contribution in [1.29, 1.82) is 0 Å². The SMILES string of the molecule is Cc1ccc(N=C2NC(=O)C(=Cc3ccccc3Cl)S2)cc1. The molecule has 0 spiro atoms. The summed E-state index contributed by atoms with van der Waals surface area (Å²) in [5, 5.41) is 3.96. The Kier molecular flexibility index (Phi) is 4.32. The summed E-state index contributed by atoms with van der Waals surface area (Å²) in [5.41, 5.74) is 2.80. The van der Waals surface area contributed by atoms with E-state index < -0.39 is 0 Å². The Labute approximate surface area is 138 Å². The molecule has 1 aliphatic heterocycles. The van der Waals surface area contributed by atoms with Gasteiger partial charge in [-0.05, 0) is 48.5 Å². The van der Waals surface area contributed by atoms with Gasteiger partial charge >= 0.3 is 0 Å². The fourth-order valence-corrected chi connectivity index (χ4v) is 2.97. The molecule has 5 heteroatoms. The molecule has 110 valence electrons. The topological polar surface area (TPSA) is 41.5 Å². The minimum atomic E-state index is -0.157. The molecular formula is C17H13ClN2OS. The molecule has 0 aliphatic carbocycles. The van der Waals surface area contributed by atoms with E-state index in [0.717, 1.165) is 11.3 Å². The maximum absolute atomic E-state index is 12.0. The van der Waals surface area contributed by atoms with Crippen LogP contribution in [0.4, 0.5) is 5.69 Å². The molecule has 1 saturated heterocycles. The van der Waals surface area contributed by atoms with E-state index in [2.05, 4.69) is 10.3 Å². The van der Waals surface area contributed by atoms with E-state index in [9.17, 15) is 4.79 Å². The lowest BCUT2D eigenvalue weighted by Crippen LogP contribution is -2.19. The highest BCUT2D eigenvalue weighted by atomic mass is 35.5. The molecule has 0 atom stereocenters. The summed E-state index contributed by atoms with van der Waals surface area (Å²) in [4.78, 5) is 17.0. The molecule has 1 N–H and O–H groups in total. The summed E-state index contributed by atoms with van der Waals surface area (Å²) in [6, 6.07) is 15.2. The summed E-state index contributed by atoms with van der Waals surface area (Å²) in [6.45, 7) is 2.02. The fraction of sp³-hybridized carbons (Fsp3) is 0.0588. The van der Waals surface area contributed by atoms with Crippen LogP contribution in [-0.2, 0) is 4.79 Å². The van der Waals surface area contributed by atoms with Crippen molar-refractivity contribution in [3.63, 3.8) is 0 Å². The van der Waals surface area contributed by atoms with Crippen LogP contribution in [0.1, 0.15) is 11.1 Å². The zero-order valence-electron chi connectivity index (χ0n) is 11.8. The molecule has 0 aromatic heterocycles. The van der Waals surface area contributed by atoms with Gasteiger partial charge in [-0.2, -0.15) is 0 Å². The zero-order valence-corrected chi connectivity index (χ0v) is 13.4. The number of carbonyl (C=O) groups excluding carboxylic acids is 1. The van der Waals surface area contributed by atoms with E-state index >= 15 is 0 Å². The van der Waals surface area contributed by atoms with Crippen LogP contribution in [0.25, 0.3) is 6.08 Å². The summed E-state index contributed by atoms with van der Waals surface area (Å²) < 4.78 is 0. The Balaban J connectivity index is 1.84. The third-order valence-electron chi connectivity index (χ3n) is 3.11. The van der Waals surface area contributed by atoms with Gasteiger partial charge in [-0.3, -0.25) is 4.79 Å². The van der Waals surface area contributed by atoms with Crippen molar-refractivity contribution in [1.82, 2.24) is 5.32 Å². The van der Waals surface area contributed by atoms with Crippen LogP contribution in [0.15, 0.2) is 58.4 Å². The maximum atomic E-state index is 12.0. The Hall–Kier alpha value is -2.04. The molecule has 2 aromatic rings. The number of nitrogens with zero attached hydrogens (tertiary/aromatic N) is 1. The van der Waals surface area contributed by atoms with Crippen molar-refractivity contribution in [3.8, 4) is 0 Å². The lowest BCUT2D eigenvalue weighted by Gasteiger charge is -1.97. The number of hydrogen-bond donors (Lipinski definition) is 1. The van der Waals surface area contributed by atoms with Gasteiger partial charge in [0.2, 0.25) is 0 Å². The van der Waals surface area contributed by atoms with Gasteiger partial charge in [0.1, 0.15) is 0 Å². The molecule has 3 rings (SSSR count). The van der Waals surface area contributed by atoms with Crippen molar-refractivity contribution in [2.45, 2.75) is 6.92 Å². The van der Waals surface area contributed by atoms with E-state index in [1.807, 2.05) is 49.4 Å². The number of aliphatic imine (C=N–C) groups is 1. The minimum Gasteiger partial charge on any atom is -0.300 e. The number of amidine groups is 1. The van der Waals surface area contributed by atoms with Crippen LogP contribution >= 0.6 is 23.4 Å². The highest BCUT2D eigenvalue weighted by molar-refractivity contribution is 8.18. The van der Waals surface area contributed by atoms with Gasteiger partial charge in [-0.25, -0.2) is 4.99 Å². The molecule has 0 unspecified atom stereocenters. The van der Waals surface area contributed by atoms with Crippen LogP contribution < -0.4 is 5.32 Å². The number of rotatable bonds is 2. The number of hydrogen-bond acceptors (Lipinski definition) is 3. The Morgan fingerprint density at radius 1 is 1.14 bits per heavy atom. The molecule has 1 aliphatic rings. The average molecular weight is 329 g/mol. The first-order chi connectivity index (χ1) is 10.6. The van der Waals surface area contributed by atoms with Gasteiger partial charge in [0.15, 0.2) is 5.17 Å². The number of nitrogens with one attached hydrogen (secondary N) is 1. The van der Waals surface area contributed by atoms with Crippen LogP contribution in [-0.4, -0.2) is 11.1 Å². The molecule has 3 nitrogen and oxygen atoms in total. The van der Waals surface area contributed by atoms with Gasteiger partial charge in [0, 0.05) is 5.02 Å². The second-order valence-corrected chi connectivity index (χ2v) is 6.28. The molecule has 0 saturated carbocycles. The van der Waals surface area contributed by atoms with Crippen LogP contribution in [0.2, 0.25) is 5.02 Å². The van der Waals surface area contributed by atoms with Gasteiger partial charge in [-0.15, -0.1) is 0 Å². The Morgan fingerprint density at radius 2 is 1.86 bits per heavy atom.